The summed E-state index contributed by atoms with van der Waals surface area (Å²) in [6.07, 6.45) is 7.70. The number of nitrogens with zero attached hydrogens (tertiary/aromatic N) is 5. The van der Waals surface area contributed by atoms with E-state index in [9.17, 15) is 10.1 Å². The van der Waals surface area contributed by atoms with Crippen molar-refractivity contribution in [3.8, 4) is 6.07 Å². The highest BCUT2D eigenvalue weighted by Gasteiger charge is 2.19. The van der Waals surface area contributed by atoms with Gasteiger partial charge >= 0.3 is 0 Å². The van der Waals surface area contributed by atoms with E-state index in [4.69, 9.17) is 0 Å². The Morgan fingerprint density at radius 2 is 1.86 bits per heavy atom. The summed E-state index contributed by atoms with van der Waals surface area (Å²) in [5, 5.41) is 22.0. The molecule has 2 unspecified atom stereocenters. The Balaban J connectivity index is 2.38. The molecule has 35 heavy (non-hydrogen) atoms. The van der Waals surface area contributed by atoms with Crippen LogP contribution in [0.4, 0.5) is 22.1 Å². The SMILES string of the molecule is CCCCC(C)c1nsc(N=Nc2ccc(N(CCC)C(C)CCCC)cc2NC(C)=O)c1C#N. The third kappa shape index (κ3) is 8.14. The molecule has 0 aliphatic rings. The lowest BCUT2D eigenvalue weighted by Crippen LogP contribution is -2.33. The first-order valence-corrected chi connectivity index (χ1v) is 13.6. The normalized spacial score (nSPS) is 12.9. The van der Waals surface area contributed by atoms with E-state index >= 15 is 0 Å². The lowest BCUT2D eigenvalue weighted by atomic mass is 9.98. The Kier molecular flexibility index (Phi) is 11.8. The van der Waals surface area contributed by atoms with E-state index in [2.05, 4.69) is 65.5 Å². The largest absolute Gasteiger partial charge is 0.369 e. The summed E-state index contributed by atoms with van der Waals surface area (Å²) >= 11 is 1.20. The number of carbonyl (C=O) groups excluding carboxylic acids is 1. The standard InChI is InChI=1S/C27H40N6OS/c1-7-10-12-19(4)26-23(18-28)27(35-32-26)31-30-24-15-14-22(17-25(24)29-21(6)34)33(16-9-3)20(5)13-11-8-2/h14-15,17,19-20H,7-13,16H2,1-6H3,(H,29,34). The summed E-state index contributed by atoms with van der Waals surface area (Å²) < 4.78 is 4.51. The molecule has 2 atom stereocenters. The number of unbranched alkanes of at least 4 members (excludes halogenated alkanes) is 2. The molecular weight excluding hydrogens is 456 g/mol. The fourth-order valence-corrected chi connectivity index (χ4v) is 4.90. The van der Waals surface area contributed by atoms with E-state index < -0.39 is 0 Å². The van der Waals surface area contributed by atoms with Crippen LogP contribution in [-0.2, 0) is 4.79 Å². The first kappa shape index (κ1) is 28.4. The smallest absolute Gasteiger partial charge is 0.221 e. The Morgan fingerprint density at radius 3 is 2.49 bits per heavy atom. The van der Waals surface area contributed by atoms with Crippen LogP contribution in [0.25, 0.3) is 0 Å². The fraction of sp³-hybridized carbons (Fsp3) is 0.593. The minimum absolute atomic E-state index is 0.165. The maximum absolute atomic E-state index is 11.9. The number of carbonyl (C=O) groups is 1. The highest BCUT2D eigenvalue weighted by Crippen LogP contribution is 2.37. The van der Waals surface area contributed by atoms with Crippen LogP contribution in [0.1, 0.15) is 104 Å². The molecule has 1 N–H and O–H groups in total. The summed E-state index contributed by atoms with van der Waals surface area (Å²) in [5.41, 5.74) is 3.52. The summed E-state index contributed by atoms with van der Waals surface area (Å²) in [6, 6.07) is 8.57. The molecule has 8 heteroatoms. The first-order chi connectivity index (χ1) is 16.9. The van der Waals surface area contributed by atoms with Gasteiger partial charge in [-0.3, -0.25) is 4.79 Å². The van der Waals surface area contributed by atoms with Crippen molar-refractivity contribution in [1.29, 1.82) is 5.26 Å². The van der Waals surface area contributed by atoms with E-state index in [1.807, 2.05) is 18.2 Å². The predicted molar refractivity (Wildman–Crippen MR) is 146 cm³/mol. The maximum Gasteiger partial charge on any atom is 0.221 e. The van der Waals surface area contributed by atoms with Crippen molar-refractivity contribution in [2.24, 2.45) is 10.2 Å². The number of aromatic nitrogens is 1. The van der Waals surface area contributed by atoms with Gasteiger partial charge in [0.2, 0.25) is 5.91 Å². The van der Waals surface area contributed by atoms with E-state index in [0.717, 1.165) is 50.0 Å². The van der Waals surface area contributed by atoms with Crippen molar-refractivity contribution < 1.29 is 4.79 Å². The number of hydrogen-bond acceptors (Lipinski definition) is 7. The molecule has 1 aromatic carbocycles. The van der Waals surface area contributed by atoms with E-state index in [-0.39, 0.29) is 11.8 Å². The zero-order valence-corrected chi connectivity index (χ0v) is 22.9. The number of nitrogens with one attached hydrogen (secondary N) is 1. The average molecular weight is 497 g/mol. The molecule has 1 amide bonds. The van der Waals surface area contributed by atoms with E-state index in [1.165, 1.54) is 31.3 Å². The van der Waals surface area contributed by atoms with Crippen LogP contribution >= 0.6 is 11.5 Å². The second kappa shape index (κ2) is 14.6. The minimum Gasteiger partial charge on any atom is -0.369 e. The highest BCUT2D eigenvalue weighted by atomic mass is 32.1. The van der Waals surface area contributed by atoms with E-state index in [0.29, 0.717) is 28.0 Å². The Morgan fingerprint density at radius 1 is 1.14 bits per heavy atom. The molecular formula is C27H40N6OS. The molecule has 2 aromatic rings. The molecule has 0 aliphatic heterocycles. The van der Waals surface area contributed by atoms with Gasteiger partial charge in [0.15, 0.2) is 5.00 Å². The monoisotopic (exact) mass is 496 g/mol. The van der Waals surface area contributed by atoms with Gasteiger partial charge < -0.3 is 10.2 Å². The van der Waals surface area contributed by atoms with Crippen LogP contribution in [-0.4, -0.2) is 22.9 Å². The van der Waals surface area contributed by atoms with Crippen LogP contribution in [0.3, 0.4) is 0 Å². The van der Waals surface area contributed by atoms with Crippen molar-refractivity contribution in [2.45, 2.75) is 98.4 Å². The summed E-state index contributed by atoms with van der Waals surface area (Å²) in [5.74, 6) is 0.0421. The van der Waals surface area contributed by atoms with Gasteiger partial charge in [-0.05, 0) is 55.9 Å². The summed E-state index contributed by atoms with van der Waals surface area (Å²) in [4.78, 5) is 14.3. The number of hydrogen-bond donors (Lipinski definition) is 1. The van der Waals surface area contributed by atoms with Gasteiger partial charge in [0.05, 0.1) is 11.4 Å². The first-order valence-electron chi connectivity index (χ1n) is 12.9. The van der Waals surface area contributed by atoms with Gasteiger partial charge in [-0.1, -0.05) is 53.4 Å². The molecule has 0 aliphatic carbocycles. The average Bonchev–Trinajstić information content (AvgIpc) is 3.26. The fourth-order valence-electron chi connectivity index (χ4n) is 4.13. The molecule has 0 fully saturated rings. The zero-order valence-electron chi connectivity index (χ0n) is 22.1. The second-order valence-corrected chi connectivity index (χ2v) is 9.92. The molecule has 0 radical (unpaired) electrons. The maximum atomic E-state index is 11.9. The van der Waals surface area contributed by atoms with Crippen LogP contribution < -0.4 is 10.2 Å². The number of anilines is 2. The second-order valence-electron chi connectivity index (χ2n) is 9.17. The molecule has 0 saturated carbocycles. The van der Waals surface area contributed by atoms with Crippen LogP contribution in [0.2, 0.25) is 0 Å². The molecule has 0 spiro atoms. The minimum atomic E-state index is -0.165. The van der Waals surface area contributed by atoms with Crippen molar-refractivity contribution in [3.63, 3.8) is 0 Å². The Hall–Kier alpha value is -2.79. The summed E-state index contributed by atoms with van der Waals surface area (Å²) in [7, 11) is 0. The third-order valence-corrected chi connectivity index (χ3v) is 6.86. The molecule has 2 rings (SSSR count). The number of azo groups is 1. The quantitative estimate of drug-likeness (QED) is 0.265. The van der Waals surface area contributed by atoms with Gasteiger partial charge in [-0.2, -0.15) is 9.64 Å². The molecule has 190 valence electrons. The van der Waals surface area contributed by atoms with Gasteiger partial charge in [0, 0.05) is 31.1 Å². The van der Waals surface area contributed by atoms with Gasteiger partial charge in [0.1, 0.15) is 17.3 Å². The lowest BCUT2D eigenvalue weighted by Gasteiger charge is -2.31. The molecule has 7 nitrogen and oxygen atoms in total. The molecule has 0 bridgehead atoms. The van der Waals surface area contributed by atoms with E-state index in [1.54, 1.807) is 0 Å². The number of benzene rings is 1. The summed E-state index contributed by atoms with van der Waals surface area (Å²) in [6.45, 7) is 13.3. The predicted octanol–water partition coefficient (Wildman–Crippen LogP) is 8.48. The van der Waals surface area contributed by atoms with Crippen LogP contribution in [0.15, 0.2) is 28.4 Å². The number of amides is 1. The Bertz CT molecular complexity index is 1030. The van der Waals surface area contributed by atoms with Gasteiger partial charge in [-0.15, -0.1) is 10.2 Å². The van der Waals surface area contributed by atoms with Crippen molar-refractivity contribution in [3.05, 3.63) is 29.5 Å². The van der Waals surface area contributed by atoms with Gasteiger partial charge in [0.25, 0.3) is 0 Å². The molecule has 0 saturated heterocycles. The molecule has 1 aromatic heterocycles. The Labute approximate surface area is 214 Å². The van der Waals surface area contributed by atoms with Gasteiger partial charge in [-0.25, -0.2) is 0 Å². The van der Waals surface area contributed by atoms with Crippen molar-refractivity contribution in [2.75, 3.05) is 16.8 Å². The van der Waals surface area contributed by atoms with Crippen molar-refractivity contribution >= 4 is 39.5 Å². The zero-order chi connectivity index (χ0) is 25.8. The highest BCUT2D eigenvalue weighted by molar-refractivity contribution is 7.10. The lowest BCUT2D eigenvalue weighted by molar-refractivity contribution is -0.114. The van der Waals surface area contributed by atoms with Crippen LogP contribution in [0, 0.1) is 11.3 Å². The van der Waals surface area contributed by atoms with Crippen LogP contribution in [0.5, 0.6) is 0 Å². The third-order valence-electron chi connectivity index (χ3n) is 6.11. The van der Waals surface area contributed by atoms with Crippen molar-refractivity contribution in [1.82, 2.24) is 4.37 Å². The number of rotatable bonds is 14. The number of nitriles is 1. The topological polar surface area (TPSA) is 93.7 Å². The molecule has 1 heterocycles.